The number of rotatable bonds is 4. The van der Waals surface area contributed by atoms with Crippen LogP contribution in [0.2, 0.25) is 0 Å². The predicted octanol–water partition coefficient (Wildman–Crippen LogP) is 2.00. The van der Waals surface area contributed by atoms with Gasteiger partial charge in [-0.3, -0.25) is 0 Å². The number of nitrogens with one attached hydrogen (secondary N) is 2. The fraction of sp³-hybridized carbons (Fsp3) is 1.00. The Morgan fingerprint density at radius 2 is 2.07 bits per heavy atom. The van der Waals surface area contributed by atoms with E-state index in [0.717, 1.165) is 12.1 Å². The summed E-state index contributed by atoms with van der Waals surface area (Å²) in [5.74, 6) is 2.61. The van der Waals surface area contributed by atoms with Crippen molar-refractivity contribution in [3.63, 3.8) is 0 Å². The summed E-state index contributed by atoms with van der Waals surface area (Å²) < 4.78 is 0. The van der Waals surface area contributed by atoms with E-state index in [1.165, 1.54) is 63.1 Å². The first-order valence-electron chi connectivity index (χ1n) is 6.49. The van der Waals surface area contributed by atoms with Crippen LogP contribution in [0.1, 0.15) is 38.5 Å². The molecule has 1 atom stereocenters. The minimum absolute atomic E-state index is 0.764. The van der Waals surface area contributed by atoms with Gasteiger partial charge in [0.1, 0.15) is 0 Å². The van der Waals surface area contributed by atoms with Gasteiger partial charge in [-0.2, -0.15) is 11.8 Å². The highest BCUT2D eigenvalue weighted by molar-refractivity contribution is 7.99. The molecule has 0 amide bonds. The second-order valence-corrected chi connectivity index (χ2v) is 5.95. The molecule has 1 saturated carbocycles. The molecule has 0 aromatic carbocycles. The highest BCUT2D eigenvalue weighted by Gasteiger charge is 2.15. The van der Waals surface area contributed by atoms with Crippen LogP contribution in [0.25, 0.3) is 0 Å². The van der Waals surface area contributed by atoms with Crippen LogP contribution in [0.15, 0.2) is 0 Å². The SMILES string of the molecule is C1CCC(NCCC2CSCCN2)CC1. The molecule has 1 aliphatic heterocycles. The maximum absolute atomic E-state index is 3.72. The fourth-order valence-corrected chi connectivity index (χ4v) is 3.57. The molecule has 2 nitrogen and oxygen atoms in total. The molecule has 0 aromatic rings. The molecule has 0 bridgehead atoms. The summed E-state index contributed by atoms with van der Waals surface area (Å²) in [5.41, 5.74) is 0. The normalized spacial score (nSPS) is 29.2. The standard InChI is InChI=1S/C12H24N2S/c1-2-4-11(5-3-1)13-7-6-12-10-15-9-8-14-12/h11-14H,1-10H2. The second kappa shape index (κ2) is 6.77. The molecule has 1 saturated heterocycles. The molecule has 1 heterocycles. The average molecular weight is 228 g/mol. The van der Waals surface area contributed by atoms with Crippen LogP contribution in [-0.4, -0.2) is 36.7 Å². The molecule has 88 valence electrons. The lowest BCUT2D eigenvalue weighted by Crippen LogP contribution is -2.41. The highest BCUT2D eigenvalue weighted by atomic mass is 32.2. The molecule has 0 spiro atoms. The first-order valence-corrected chi connectivity index (χ1v) is 7.65. The van der Waals surface area contributed by atoms with Crippen molar-refractivity contribution in [3.8, 4) is 0 Å². The van der Waals surface area contributed by atoms with Gasteiger partial charge in [0.2, 0.25) is 0 Å². The van der Waals surface area contributed by atoms with E-state index in [4.69, 9.17) is 0 Å². The molecular weight excluding hydrogens is 204 g/mol. The van der Waals surface area contributed by atoms with Crippen LogP contribution in [0.3, 0.4) is 0 Å². The first kappa shape index (κ1) is 11.7. The van der Waals surface area contributed by atoms with Gasteiger partial charge in [-0.25, -0.2) is 0 Å². The zero-order chi connectivity index (χ0) is 10.3. The quantitative estimate of drug-likeness (QED) is 0.769. The van der Waals surface area contributed by atoms with E-state index >= 15 is 0 Å². The highest BCUT2D eigenvalue weighted by Crippen LogP contribution is 2.17. The molecule has 1 unspecified atom stereocenters. The molecule has 15 heavy (non-hydrogen) atoms. The third kappa shape index (κ3) is 4.33. The molecule has 0 radical (unpaired) electrons. The van der Waals surface area contributed by atoms with Crippen LogP contribution in [-0.2, 0) is 0 Å². The largest absolute Gasteiger partial charge is 0.314 e. The molecule has 2 N–H and O–H groups in total. The van der Waals surface area contributed by atoms with Gasteiger partial charge in [-0.15, -0.1) is 0 Å². The smallest absolute Gasteiger partial charge is 0.0170 e. The van der Waals surface area contributed by atoms with Gasteiger partial charge in [-0.1, -0.05) is 19.3 Å². The van der Waals surface area contributed by atoms with E-state index in [2.05, 4.69) is 22.4 Å². The lowest BCUT2D eigenvalue weighted by molar-refractivity contribution is 0.363. The van der Waals surface area contributed by atoms with Crippen molar-refractivity contribution < 1.29 is 0 Å². The summed E-state index contributed by atoms with van der Waals surface area (Å²) in [6.07, 6.45) is 8.46. The summed E-state index contributed by atoms with van der Waals surface area (Å²) in [6.45, 7) is 2.42. The Morgan fingerprint density at radius 1 is 1.20 bits per heavy atom. The molecule has 0 aromatic heterocycles. The van der Waals surface area contributed by atoms with Gasteiger partial charge in [0.25, 0.3) is 0 Å². The van der Waals surface area contributed by atoms with Crippen molar-refractivity contribution in [1.82, 2.24) is 10.6 Å². The van der Waals surface area contributed by atoms with E-state index in [1.807, 2.05) is 0 Å². The number of hydrogen-bond acceptors (Lipinski definition) is 3. The molecular formula is C12H24N2S. The zero-order valence-corrected chi connectivity index (χ0v) is 10.5. The van der Waals surface area contributed by atoms with E-state index < -0.39 is 0 Å². The van der Waals surface area contributed by atoms with Crippen LogP contribution in [0.4, 0.5) is 0 Å². The van der Waals surface area contributed by atoms with E-state index in [9.17, 15) is 0 Å². The van der Waals surface area contributed by atoms with Crippen molar-refractivity contribution in [2.24, 2.45) is 0 Å². The molecule has 2 rings (SSSR count). The van der Waals surface area contributed by atoms with Gasteiger partial charge < -0.3 is 10.6 Å². The molecule has 3 heteroatoms. The summed E-state index contributed by atoms with van der Waals surface area (Å²) in [6, 6.07) is 1.59. The number of thioether (sulfide) groups is 1. The van der Waals surface area contributed by atoms with Crippen LogP contribution >= 0.6 is 11.8 Å². The lowest BCUT2D eigenvalue weighted by atomic mass is 9.95. The Kier molecular flexibility index (Phi) is 5.30. The lowest BCUT2D eigenvalue weighted by Gasteiger charge is -2.26. The van der Waals surface area contributed by atoms with Crippen LogP contribution < -0.4 is 10.6 Å². The monoisotopic (exact) mass is 228 g/mol. The Morgan fingerprint density at radius 3 is 2.80 bits per heavy atom. The van der Waals surface area contributed by atoms with E-state index in [0.29, 0.717) is 0 Å². The van der Waals surface area contributed by atoms with Crippen molar-refractivity contribution in [3.05, 3.63) is 0 Å². The number of hydrogen-bond donors (Lipinski definition) is 2. The third-order valence-electron chi connectivity index (χ3n) is 3.53. The Hall–Kier alpha value is 0.270. The van der Waals surface area contributed by atoms with Crippen molar-refractivity contribution in [2.75, 3.05) is 24.6 Å². The van der Waals surface area contributed by atoms with Gasteiger partial charge in [0, 0.05) is 30.1 Å². The maximum Gasteiger partial charge on any atom is 0.0170 e. The Balaban J connectivity index is 1.53. The van der Waals surface area contributed by atoms with Crippen molar-refractivity contribution in [1.29, 1.82) is 0 Å². The average Bonchev–Trinajstić information content (AvgIpc) is 2.32. The summed E-state index contributed by atoms with van der Waals surface area (Å²) in [5, 5.41) is 7.32. The second-order valence-electron chi connectivity index (χ2n) is 4.80. The van der Waals surface area contributed by atoms with E-state index in [-0.39, 0.29) is 0 Å². The van der Waals surface area contributed by atoms with Crippen LogP contribution in [0, 0.1) is 0 Å². The Bertz CT molecular complexity index is 145. The minimum Gasteiger partial charge on any atom is -0.314 e. The van der Waals surface area contributed by atoms with Gasteiger partial charge in [0.05, 0.1) is 0 Å². The third-order valence-corrected chi connectivity index (χ3v) is 4.66. The van der Waals surface area contributed by atoms with Gasteiger partial charge >= 0.3 is 0 Å². The van der Waals surface area contributed by atoms with E-state index in [1.54, 1.807) is 0 Å². The molecule has 2 aliphatic rings. The zero-order valence-electron chi connectivity index (χ0n) is 9.63. The predicted molar refractivity (Wildman–Crippen MR) is 68.6 cm³/mol. The van der Waals surface area contributed by atoms with Crippen LogP contribution in [0.5, 0.6) is 0 Å². The molecule has 2 fully saturated rings. The minimum atomic E-state index is 0.764. The molecule has 1 aliphatic carbocycles. The Labute approximate surface area is 98.0 Å². The maximum atomic E-state index is 3.72. The van der Waals surface area contributed by atoms with Crippen molar-refractivity contribution in [2.45, 2.75) is 50.6 Å². The summed E-state index contributed by atoms with van der Waals surface area (Å²) in [4.78, 5) is 0. The summed E-state index contributed by atoms with van der Waals surface area (Å²) >= 11 is 2.10. The fourth-order valence-electron chi connectivity index (χ4n) is 2.57. The first-order chi connectivity index (χ1) is 7.45. The topological polar surface area (TPSA) is 24.1 Å². The summed E-state index contributed by atoms with van der Waals surface area (Å²) in [7, 11) is 0. The van der Waals surface area contributed by atoms with Gasteiger partial charge in [0.15, 0.2) is 0 Å². The van der Waals surface area contributed by atoms with Gasteiger partial charge in [-0.05, 0) is 25.8 Å². The van der Waals surface area contributed by atoms with Crippen molar-refractivity contribution >= 4 is 11.8 Å².